The van der Waals surface area contributed by atoms with Crippen molar-refractivity contribution >= 4 is 13.7 Å². The van der Waals surface area contributed by atoms with Crippen LogP contribution in [0.1, 0.15) is 6.42 Å². The summed E-state index contributed by atoms with van der Waals surface area (Å²) in [6.45, 7) is 0. The van der Waals surface area contributed by atoms with Gasteiger partial charge in [-0.05, 0) is 0 Å². The predicted molar refractivity (Wildman–Crippen MR) is 60.4 cm³/mol. The molecule has 0 unspecified atom stereocenters. The van der Waals surface area contributed by atoms with E-state index in [4.69, 9.17) is 8.44 Å². The molecule has 0 aromatic rings. The van der Waals surface area contributed by atoms with Gasteiger partial charge in [0.25, 0.3) is 0 Å². The van der Waals surface area contributed by atoms with Crippen molar-refractivity contribution in [1.82, 2.24) is 0 Å². The van der Waals surface area contributed by atoms with Crippen molar-refractivity contribution in [2.24, 2.45) is 0 Å². The standard InChI is InChI=1S/C7H10FGe.3CH3O.Zr/c1-9(2,8)7-5-3-4-6-7;3*1-2;/h3,5H,4H2,1-2H3;3*1H3;/q;3*-1;+3. The molecule has 0 spiro atoms. The monoisotopic (exact) mass is 370 g/mol. The maximum atomic E-state index is 14.2. The van der Waals surface area contributed by atoms with Gasteiger partial charge < -0.3 is 0 Å². The molecule has 0 aliphatic heterocycles. The van der Waals surface area contributed by atoms with E-state index >= 15 is 0 Å². The summed E-state index contributed by atoms with van der Waals surface area (Å²) in [6, 6.07) is 0. The third-order valence-electron chi connectivity index (χ3n) is 2.75. The van der Waals surface area contributed by atoms with Crippen LogP contribution < -0.4 is 0 Å². The van der Waals surface area contributed by atoms with Gasteiger partial charge in [-0.25, -0.2) is 0 Å². The van der Waals surface area contributed by atoms with Gasteiger partial charge >= 0.3 is 106 Å². The van der Waals surface area contributed by atoms with Crippen molar-refractivity contribution in [3.8, 4) is 0 Å². The van der Waals surface area contributed by atoms with E-state index in [0.29, 0.717) is 6.42 Å². The van der Waals surface area contributed by atoms with Crippen molar-refractivity contribution < 1.29 is 33.5 Å². The van der Waals surface area contributed by atoms with Crippen LogP contribution in [0.2, 0.25) is 11.5 Å². The Hall–Kier alpha value is 0.716. The molecule has 6 heteroatoms. The fourth-order valence-corrected chi connectivity index (χ4v) is 15.4. The third kappa shape index (κ3) is 2.75. The van der Waals surface area contributed by atoms with Crippen LogP contribution in [0.5, 0.6) is 0 Å². The Kier molecular flexibility index (Phi) is 5.15. The molecule has 1 aliphatic carbocycles. The van der Waals surface area contributed by atoms with Crippen LogP contribution in [0, 0.1) is 0 Å². The summed E-state index contributed by atoms with van der Waals surface area (Å²) in [6.07, 6.45) is 4.57. The third-order valence-corrected chi connectivity index (χ3v) is 14.7. The van der Waals surface area contributed by atoms with Crippen LogP contribution in [0.25, 0.3) is 0 Å². The van der Waals surface area contributed by atoms with Gasteiger partial charge in [0, 0.05) is 0 Å². The van der Waals surface area contributed by atoms with Gasteiger partial charge in [-0.1, -0.05) is 0 Å². The number of halogens is 1. The van der Waals surface area contributed by atoms with Crippen LogP contribution >= 0.6 is 0 Å². The minimum atomic E-state index is -3.65. The fraction of sp³-hybridized carbons (Fsp3) is 0.600. The number of hydrogen-bond donors (Lipinski definition) is 0. The van der Waals surface area contributed by atoms with Crippen molar-refractivity contribution in [3.05, 3.63) is 19.8 Å². The topological polar surface area (TPSA) is 27.7 Å². The Labute approximate surface area is 106 Å². The Morgan fingerprint density at radius 1 is 1.19 bits per heavy atom. The first kappa shape index (κ1) is 14.8. The zero-order chi connectivity index (χ0) is 12.4. The molecule has 1 aliphatic rings. The van der Waals surface area contributed by atoms with Gasteiger partial charge in [-0.2, -0.15) is 0 Å². The maximum absolute atomic E-state index is 14.2. The molecule has 92 valence electrons. The molecule has 0 saturated heterocycles. The quantitative estimate of drug-likeness (QED) is 0.697. The molecule has 0 amide bonds. The first-order valence-electron chi connectivity index (χ1n) is 5.16. The number of hydrogen-bond acceptors (Lipinski definition) is 3. The second-order valence-corrected chi connectivity index (χ2v) is 18.7. The van der Waals surface area contributed by atoms with Crippen LogP contribution in [0.3, 0.4) is 0 Å². The average molecular weight is 370 g/mol. The SMILES string of the molecule is C[O][Zr]([O]C)([O]C)[C]1=[C]([Ge]([CH3])([CH3])[F])C=CC1. The molecule has 0 N–H and O–H groups in total. The van der Waals surface area contributed by atoms with Gasteiger partial charge in [-0.3, -0.25) is 0 Å². The molecule has 0 bridgehead atoms. The first-order chi connectivity index (χ1) is 7.41. The van der Waals surface area contributed by atoms with Crippen LogP contribution in [-0.4, -0.2) is 35.1 Å². The van der Waals surface area contributed by atoms with E-state index in [1.165, 1.54) is 0 Å². The predicted octanol–water partition coefficient (Wildman–Crippen LogP) is 2.75. The molecular weight excluding hydrogens is 351 g/mol. The minimum absolute atomic E-state index is 0.708. The number of allylic oxidation sites excluding steroid dienone is 4. The normalized spacial score (nSPS) is 17.4. The molecule has 0 aromatic heterocycles. The molecule has 0 heterocycles. The Morgan fingerprint density at radius 2 is 1.69 bits per heavy atom. The molecule has 0 fully saturated rings. The fourth-order valence-electron chi connectivity index (χ4n) is 1.97. The van der Waals surface area contributed by atoms with E-state index in [1.807, 2.05) is 12.2 Å². The molecular formula is C10H19FGeO3Zr. The van der Waals surface area contributed by atoms with E-state index in [9.17, 15) is 3.50 Å². The Balaban J connectivity index is 3.20. The Morgan fingerprint density at radius 3 is 2.06 bits per heavy atom. The van der Waals surface area contributed by atoms with E-state index in [0.717, 1.165) is 7.69 Å². The molecule has 0 aromatic carbocycles. The Bertz CT molecular complexity index is 310. The second-order valence-electron chi connectivity index (χ2n) is 4.14. The van der Waals surface area contributed by atoms with E-state index in [2.05, 4.69) is 0 Å². The molecule has 16 heavy (non-hydrogen) atoms. The van der Waals surface area contributed by atoms with E-state index in [-0.39, 0.29) is 0 Å². The van der Waals surface area contributed by atoms with Gasteiger partial charge in [0.1, 0.15) is 0 Å². The van der Waals surface area contributed by atoms with Gasteiger partial charge in [0.05, 0.1) is 0 Å². The summed E-state index contributed by atoms with van der Waals surface area (Å²) in [4.78, 5) is 0. The molecule has 0 saturated carbocycles. The van der Waals surface area contributed by atoms with Gasteiger partial charge in [-0.15, -0.1) is 0 Å². The van der Waals surface area contributed by atoms with E-state index in [1.54, 1.807) is 32.8 Å². The molecule has 0 radical (unpaired) electrons. The molecule has 0 atom stereocenters. The van der Waals surface area contributed by atoms with Crippen molar-refractivity contribution in [1.29, 1.82) is 0 Å². The second kappa shape index (κ2) is 5.57. The summed E-state index contributed by atoms with van der Waals surface area (Å²) >= 11 is -7.00. The van der Waals surface area contributed by atoms with Crippen molar-refractivity contribution in [2.75, 3.05) is 21.3 Å². The van der Waals surface area contributed by atoms with Gasteiger partial charge in [0.2, 0.25) is 0 Å². The van der Waals surface area contributed by atoms with E-state index < -0.39 is 35.3 Å². The molecule has 3 nitrogen and oxygen atoms in total. The van der Waals surface area contributed by atoms with Crippen molar-refractivity contribution in [2.45, 2.75) is 17.9 Å². The summed E-state index contributed by atoms with van der Waals surface area (Å²) in [7, 11) is 4.76. The van der Waals surface area contributed by atoms with Crippen LogP contribution in [0.15, 0.2) is 19.8 Å². The van der Waals surface area contributed by atoms with Gasteiger partial charge in [0.15, 0.2) is 0 Å². The average Bonchev–Trinajstić information content (AvgIpc) is 2.70. The van der Waals surface area contributed by atoms with Crippen molar-refractivity contribution in [3.63, 3.8) is 0 Å². The zero-order valence-corrected chi connectivity index (χ0v) is 15.0. The first-order valence-corrected chi connectivity index (χ1v) is 15.4. The summed E-state index contributed by atoms with van der Waals surface area (Å²) < 4.78 is 32.5. The van der Waals surface area contributed by atoms with Crippen LogP contribution in [-0.2, 0) is 30.0 Å². The number of rotatable bonds is 5. The summed E-state index contributed by atoms with van der Waals surface area (Å²) in [5.74, 6) is 3.45. The van der Waals surface area contributed by atoms with Crippen LogP contribution in [0.4, 0.5) is 3.50 Å². The summed E-state index contributed by atoms with van der Waals surface area (Å²) in [5.41, 5.74) is 0. The molecule has 1 rings (SSSR count). The summed E-state index contributed by atoms with van der Waals surface area (Å²) in [5, 5.41) is 0. The zero-order valence-electron chi connectivity index (χ0n) is 10.5.